The minimum Gasteiger partial charge on any atom is -0.465 e. The molecule has 0 saturated heterocycles. The Hall–Kier alpha value is -1.34. The van der Waals surface area contributed by atoms with E-state index in [4.69, 9.17) is 4.74 Å². The molecular formula is C12H19N3O3S. The van der Waals surface area contributed by atoms with Gasteiger partial charge in [0, 0.05) is 17.5 Å². The molecular weight excluding hydrogens is 266 g/mol. The van der Waals surface area contributed by atoms with Crippen LogP contribution < -0.4 is 10.9 Å². The number of likely N-dealkylation sites (N-methyl/N-ethyl adjacent to an activating group) is 1. The molecule has 1 unspecified atom stereocenters. The maximum absolute atomic E-state index is 11.7. The normalized spacial score (nSPS) is 12.2. The molecule has 0 amide bonds. The van der Waals surface area contributed by atoms with Crippen molar-refractivity contribution in [1.82, 2.24) is 15.3 Å². The molecule has 0 fully saturated rings. The fourth-order valence-electron chi connectivity index (χ4n) is 1.48. The number of ether oxygens (including phenoxy) is 1. The highest BCUT2D eigenvalue weighted by Gasteiger charge is 2.19. The molecule has 0 saturated carbocycles. The Morgan fingerprint density at radius 2 is 2.32 bits per heavy atom. The summed E-state index contributed by atoms with van der Waals surface area (Å²) in [4.78, 5) is 29.8. The zero-order chi connectivity index (χ0) is 14.3. The van der Waals surface area contributed by atoms with Crippen molar-refractivity contribution in [3.05, 3.63) is 22.1 Å². The average molecular weight is 285 g/mol. The Balaban J connectivity index is 2.64. The molecule has 1 rings (SSSR count). The molecule has 1 heterocycles. The number of aryl methyl sites for hydroxylation is 1. The van der Waals surface area contributed by atoms with Gasteiger partial charge in [-0.1, -0.05) is 18.7 Å². The van der Waals surface area contributed by atoms with E-state index >= 15 is 0 Å². The molecule has 0 aliphatic heterocycles. The van der Waals surface area contributed by atoms with Crippen molar-refractivity contribution in [3.8, 4) is 0 Å². The van der Waals surface area contributed by atoms with Crippen molar-refractivity contribution in [3.63, 3.8) is 0 Å². The van der Waals surface area contributed by atoms with Crippen LogP contribution in [0.1, 0.15) is 19.5 Å². The van der Waals surface area contributed by atoms with Gasteiger partial charge in [-0.25, -0.2) is 4.98 Å². The molecule has 0 radical (unpaired) electrons. The van der Waals surface area contributed by atoms with Gasteiger partial charge in [0.2, 0.25) is 0 Å². The topological polar surface area (TPSA) is 84.1 Å². The molecule has 1 aromatic heterocycles. The minimum absolute atomic E-state index is 0.189. The van der Waals surface area contributed by atoms with E-state index in [-0.39, 0.29) is 11.5 Å². The summed E-state index contributed by atoms with van der Waals surface area (Å²) in [6.07, 6.45) is 0. The second-order valence-corrected chi connectivity index (χ2v) is 4.87. The van der Waals surface area contributed by atoms with Gasteiger partial charge in [-0.2, -0.15) is 0 Å². The van der Waals surface area contributed by atoms with Crippen LogP contribution in [0.3, 0.4) is 0 Å². The van der Waals surface area contributed by atoms with Gasteiger partial charge in [-0.15, -0.1) is 0 Å². The van der Waals surface area contributed by atoms with Gasteiger partial charge < -0.3 is 15.0 Å². The third kappa shape index (κ3) is 5.44. The van der Waals surface area contributed by atoms with Crippen LogP contribution in [0, 0.1) is 6.92 Å². The Kier molecular flexibility index (Phi) is 6.58. The summed E-state index contributed by atoms with van der Waals surface area (Å²) in [5.41, 5.74) is 0.466. The SMILES string of the molecule is CCNC(CSc1nc(C)cc(=O)[nH]1)C(=O)OCC. The van der Waals surface area contributed by atoms with E-state index < -0.39 is 6.04 Å². The Labute approximate surface area is 116 Å². The standard InChI is InChI=1S/C12H19N3O3S/c1-4-13-9(11(17)18-5-2)7-19-12-14-8(3)6-10(16)15-12/h6,9,13H,4-5,7H2,1-3H3,(H,14,15,16). The molecule has 19 heavy (non-hydrogen) atoms. The first kappa shape index (κ1) is 15.7. The number of aromatic amines is 1. The lowest BCUT2D eigenvalue weighted by Gasteiger charge is -2.15. The average Bonchev–Trinajstić information content (AvgIpc) is 2.33. The summed E-state index contributed by atoms with van der Waals surface area (Å²) in [7, 11) is 0. The van der Waals surface area contributed by atoms with Crippen LogP contribution in [0.15, 0.2) is 16.0 Å². The molecule has 0 aliphatic rings. The van der Waals surface area contributed by atoms with E-state index in [2.05, 4.69) is 15.3 Å². The van der Waals surface area contributed by atoms with Gasteiger partial charge in [0.1, 0.15) is 6.04 Å². The van der Waals surface area contributed by atoms with Crippen molar-refractivity contribution in [1.29, 1.82) is 0 Å². The number of H-pyrrole nitrogens is 1. The Morgan fingerprint density at radius 3 is 2.89 bits per heavy atom. The summed E-state index contributed by atoms with van der Waals surface area (Å²) < 4.78 is 4.99. The predicted molar refractivity (Wildman–Crippen MR) is 74.4 cm³/mol. The lowest BCUT2D eigenvalue weighted by Crippen LogP contribution is -2.40. The lowest BCUT2D eigenvalue weighted by molar-refractivity contribution is -0.144. The molecule has 2 N–H and O–H groups in total. The van der Waals surface area contributed by atoms with Gasteiger partial charge in [0.05, 0.1) is 6.61 Å². The number of esters is 1. The minimum atomic E-state index is -0.402. The van der Waals surface area contributed by atoms with Crippen molar-refractivity contribution >= 4 is 17.7 Å². The van der Waals surface area contributed by atoms with E-state index in [1.807, 2.05) is 6.92 Å². The zero-order valence-electron chi connectivity index (χ0n) is 11.4. The second-order valence-electron chi connectivity index (χ2n) is 3.87. The van der Waals surface area contributed by atoms with E-state index in [0.29, 0.717) is 29.8 Å². The van der Waals surface area contributed by atoms with E-state index in [1.54, 1.807) is 13.8 Å². The first-order valence-corrected chi connectivity index (χ1v) is 7.16. The monoisotopic (exact) mass is 285 g/mol. The van der Waals surface area contributed by atoms with Crippen molar-refractivity contribution < 1.29 is 9.53 Å². The molecule has 1 aromatic rings. The Bertz CT molecular complexity index is 476. The van der Waals surface area contributed by atoms with Crippen LogP contribution in [0.4, 0.5) is 0 Å². The number of rotatable bonds is 7. The number of thioether (sulfide) groups is 1. The van der Waals surface area contributed by atoms with E-state index in [1.165, 1.54) is 17.8 Å². The van der Waals surface area contributed by atoms with Gasteiger partial charge in [-0.3, -0.25) is 9.59 Å². The van der Waals surface area contributed by atoms with E-state index in [9.17, 15) is 9.59 Å². The van der Waals surface area contributed by atoms with Crippen LogP contribution in [0.5, 0.6) is 0 Å². The molecule has 106 valence electrons. The van der Waals surface area contributed by atoms with Crippen molar-refractivity contribution in [2.75, 3.05) is 18.9 Å². The maximum Gasteiger partial charge on any atom is 0.323 e. The third-order valence-electron chi connectivity index (χ3n) is 2.26. The molecule has 1 atom stereocenters. The molecule has 7 heteroatoms. The predicted octanol–water partition coefficient (Wildman–Crippen LogP) is 0.712. The maximum atomic E-state index is 11.7. The lowest BCUT2D eigenvalue weighted by atomic mass is 10.3. The van der Waals surface area contributed by atoms with Crippen LogP contribution in [-0.4, -0.2) is 40.9 Å². The van der Waals surface area contributed by atoms with E-state index in [0.717, 1.165) is 0 Å². The van der Waals surface area contributed by atoms with Gasteiger partial charge in [0.15, 0.2) is 5.16 Å². The summed E-state index contributed by atoms with van der Waals surface area (Å²) in [5, 5.41) is 3.56. The van der Waals surface area contributed by atoms with Crippen LogP contribution in [-0.2, 0) is 9.53 Å². The van der Waals surface area contributed by atoms with Crippen LogP contribution in [0.25, 0.3) is 0 Å². The number of aromatic nitrogens is 2. The molecule has 0 spiro atoms. The number of nitrogens with one attached hydrogen (secondary N) is 2. The quantitative estimate of drug-likeness (QED) is 0.436. The first-order chi connectivity index (χ1) is 9.06. The highest BCUT2D eigenvalue weighted by molar-refractivity contribution is 7.99. The van der Waals surface area contributed by atoms with Crippen molar-refractivity contribution in [2.45, 2.75) is 32.0 Å². The first-order valence-electron chi connectivity index (χ1n) is 6.17. The summed E-state index contributed by atoms with van der Waals surface area (Å²) in [6, 6.07) is 1.03. The Morgan fingerprint density at radius 1 is 1.58 bits per heavy atom. The van der Waals surface area contributed by atoms with Crippen LogP contribution >= 0.6 is 11.8 Å². The summed E-state index contributed by atoms with van der Waals surface area (Å²) in [5.74, 6) is 0.172. The highest BCUT2D eigenvalue weighted by Crippen LogP contribution is 2.13. The number of hydrogen-bond acceptors (Lipinski definition) is 6. The number of hydrogen-bond donors (Lipinski definition) is 2. The van der Waals surface area contributed by atoms with Gasteiger partial charge in [-0.05, 0) is 20.4 Å². The zero-order valence-corrected chi connectivity index (χ0v) is 12.2. The molecule has 6 nitrogen and oxygen atoms in total. The highest BCUT2D eigenvalue weighted by atomic mass is 32.2. The largest absolute Gasteiger partial charge is 0.465 e. The van der Waals surface area contributed by atoms with Crippen LogP contribution in [0.2, 0.25) is 0 Å². The second kappa shape index (κ2) is 7.96. The van der Waals surface area contributed by atoms with Gasteiger partial charge >= 0.3 is 5.97 Å². The van der Waals surface area contributed by atoms with Gasteiger partial charge in [0.25, 0.3) is 5.56 Å². The fourth-order valence-corrected chi connectivity index (χ4v) is 2.44. The number of nitrogens with zero attached hydrogens (tertiary/aromatic N) is 1. The molecule has 0 aromatic carbocycles. The third-order valence-corrected chi connectivity index (χ3v) is 3.22. The molecule has 0 bridgehead atoms. The number of carbonyl (C=O) groups is 1. The summed E-state index contributed by atoms with van der Waals surface area (Å²) in [6.45, 7) is 6.47. The smallest absolute Gasteiger partial charge is 0.323 e. The fraction of sp³-hybridized carbons (Fsp3) is 0.583. The molecule has 0 aliphatic carbocycles. The summed E-state index contributed by atoms with van der Waals surface area (Å²) >= 11 is 1.32. The number of carbonyl (C=O) groups excluding carboxylic acids is 1. The van der Waals surface area contributed by atoms with Crippen molar-refractivity contribution in [2.24, 2.45) is 0 Å².